The van der Waals surface area contributed by atoms with Crippen molar-refractivity contribution >= 4 is 52.6 Å². The Morgan fingerprint density at radius 1 is 0.917 bits per heavy atom. The zero-order chi connectivity index (χ0) is 25.1. The second-order valence-electron chi connectivity index (χ2n) is 9.03. The van der Waals surface area contributed by atoms with E-state index in [4.69, 9.17) is 27.9 Å². The highest BCUT2D eigenvalue weighted by molar-refractivity contribution is 6.37. The largest absolute Gasteiger partial charge is 0.497 e. The summed E-state index contributed by atoms with van der Waals surface area (Å²) in [7, 11) is 1.55. The van der Waals surface area contributed by atoms with Crippen molar-refractivity contribution in [3.63, 3.8) is 0 Å². The third-order valence-corrected chi connectivity index (χ3v) is 7.81. The maximum absolute atomic E-state index is 14.0. The summed E-state index contributed by atoms with van der Waals surface area (Å²) in [6, 6.07) is 17.8. The normalized spacial score (nSPS) is 24.0. The van der Waals surface area contributed by atoms with Gasteiger partial charge in [-0.3, -0.25) is 14.4 Å². The summed E-state index contributed by atoms with van der Waals surface area (Å²) in [5.74, 6) is -2.05. The van der Waals surface area contributed by atoms with Crippen LogP contribution in [0.1, 0.15) is 27.5 Å². The van der Waals surface area contributed by atoms with Crippen molar-refractivity contribution in [2.24, 2.45) is 11.8 Å². The van der Waals surface area contributed by atoms with Crippen molar-refractivity contribution in [2.45, 2.75) is 12.1 Å². The molecule has 0 unspecified atom stereocenters. The fourth-order valence-electron chi connectivity index (χ4n) is 5.69. The van der Waals surface area contributed by atoms with E-state index in [0.29, 0.717) is 16.5 Å². The first kappa shape index (κ1) is 22.8. The van der Waals surface area contributed by atoms with E-state index < -0.39 is 29.8 Å². The molecule has 2 fully saturated rings. The Morgan fingerprint density at radius 3 is 2.36 bits per heavy atom. The van der Waals surface area contributed by atoms with Crippen molar-refractivity contribution in [2.75, 3.05) is 12.0 Å². The van der Waals surface area contributed by atoms with Crippen LogP contribution in [0.2, 0.25) is 10.0 Å². The number of hydrogen-bond donors (Lipinski definition) is 0. The molecule has 0 bridgehead atoms. The second kappa shape index (κ2) is 8.50. The van der Waals surface area contributed by atoms with Crippen LogP contribution in [0.3, 0.4) is 0 Å². The number of halogens is 2. The lowest BCUT2D eigenvalue weighted by molar-refractivity contribution is -0.123. The van der Waals surface area contributed by atoms with E-state index in [1.54, 1.807) is 43.5 Å². The van der Waals surface area contributed by atoms with Crippen LogP contribution >= 0.6 is 23.2 Å². The number of nitrogens with zero attached hydrogens (tertiary/aromatic N) is 2. The molecular weight excluding hydrogens is 499 g/mol. The molecule has 2 saturated heterocycles. The summed E-state index contributed by atoms with van der Waals surface area (Å²) in [5.41, 5.74) is 2.58. The van der Waals surface area contributed by atoms with Crippen LogP contribution in [0.5, 0.6) is 5.75 Å². The molecule has 3 aromatic rings. The number of imide groups is 1. The number of rotatable bonds is 4. The fourth-order valence-corrected chi connectivity index (χ4v) is 6.19. The number of methoxy groups -OCH3 is 1. The van der Waals surface area contributed by atoms with Gasteiger partial charge in [-0.05, 0) is 59.7 Å². The highest BCUT2D eigenvalue weighted by Gasteiger charge is 2.64. The highest BCUT2D eigenvalue weighted by Crippen LogP contribution is 2.54. The van der Waals surface area contributed by atoms with Gasteiger partial charge in [0.1, 0.15) is 11.8 Å². The van der Waals surface area contributed by atoms with Crippen LogP contribution in [0.4, 0.5) is 5.69 Å². The number of benzene rings is 3. The van der Waals surface area contributed by atoms with Gasteiger partial charge in [-0.1, -0.05) is 47.5 Å². The molecule has 0 N–H and O–H groups in total. The molecule has 6 rings (SSSR count). The molecule has 3 aliphatic heterocycles. The third kappa shape index (κ3) is 3.29. The van der Waals surface area contributed by atoms with Crippen molar-refractivity contribution < 1.29 is 19.1 Å². The van der Waals surface area contributed by atoms with Gasteiger partial charge in [-0.15, -0.1) is 0 Å². The maximum Gasteiger partial charge on any atom is 0.240 e. The summed E-state index contributed by atoms with van der Waals surface area (Å²) in [6.07, 6.45) is 3.73. The minimum Gasteiger partial charge on any atom is -0.497 e. The Kier molecular flexibility index (Phi) is 5.39. The minimum atomic E-state index is -0.900. The SMILES string of the molecule is COc1ccc(N2C(=O)[C@@H]3[C@H](C2=O)[C@H]2c4ccccc4C=CN2[C@@H]3C(=O)c2ccc(Cl)cc2Cl)cc1. The molecule has 3 heterocycles. The Balaban J connectivity index is 1.49. The molecule has 0 spiro atoms. The lowest BCUT2D eigenvalue weighted by Gasteiger charge is -2.35. The first-order chi connectivity index (χ1) is 17.4. The van der Waals surface area contributed by atoms with Crippen molar-refractivity contribution in [1.82, 2.24) is 4.90 Å². The number of hydrogen-bond acceptors (Lipinski definition) is 5. The van der Waals surface area contributed by atoms with Gasteiger partial charge in [-0.2, -0.15) is 0 Å². The fraction of sp³-hybridized carbons (Fsp3) is 0.179. The summed E-state index contributed by atoms with van der Waals surface area (Å²) in [4.78, 5) is 44.8. The Morgan fingerprint density at radius 2 is 1.64 bits per heavy atom. The predicted molar refractivity (Wildman–Crippen MR) is 137 cm³/mol. The van der Waals surface area contributed by atoms with Crippen LogP contribution in [0, 0.1) is 11.8 Å². The number of Topliss-reactive ketones (excluding diaryl/α,β-unsaturated/α-hetero) is 1. The second-order valence-corrected chi connectivity index (χ2v) is 9.88. The number of carbonyl (C=O) groups is 3. The molecular formula is C28H20Cl2N2O4. The first-order valence-electron chi connectivity index (χ1n) is 11.5. The van der Waals surface area contributed by atoms with Crippen LogP contribution in [-0.4, -0.2) is 35.6 Å². The average Bonchev–Trinajstić information content (AvgIpc) is 3.36. The summed E-state index contributed by atoms with van der Waals surface area (Å²) in [6.45, 7) is 0. The highest BCUT2D eigenvalue weighted by atomic mass is 35.5. The zero-order valence-corrected chi connectivity index (χ0v) is 20.6. The molecule has 0 aromatic heterocycles. The summed E-state index contributed by atoms with van der Waals surface area (Å²) in [5, 5.41) is 0.612. The number of anilines is 1. The maximum atomic E-state index is 14.0. The van der Waals surface area contributed by atoms with Gasteiger partial charge in [-0.25, -0.2) is 4.90 Å². The van der Waals surface area contributed by atoms with E-state index in [2.05, 4.69) is 0 Å². The number of amides is 2. The van der Waals surface area contributed by atoms with Crippen molar-refractivity contribution in [1.29, 1.82) is 0 Å². The monoisotopic (exact) mass is 518 g/mol. The van der Waals surface area contributed by atoms with Crippen molar-refractivity contribution in [3.8, 4) is 5.75 Å². The Hall–Kier alpha value is -3.61. The van der Waals surface area contributed by atoms with Gasteiger partial charge in [0.2, 0.25) is 11.8 Å². The number of carbonyl (C=O) groups excluding carboxylic acids is 3. The van der Waals surface area contributed by atoms with Crippen LogP contribution in [-0.2, 0) is 9.59 Å². The topological polar surface area (TPSA) is 66.9 Å². The molecule has 6 nitrogen and oxygen atoms in total. The Labute approximate surface area is 217 Å². The first-order valence-corrected chi connectivity index (χ1v) is 12.2. The lowest BCUT2D eigenvalue weighted by Crippen LogP contribution is -2.44. The molecule has 180 valence electrons. The van der Waals surface area contributed by atoms with E-state index in [1.807, 2.05) is 41.4 Å². The molecule has 4 atom stereocenters. The third-order valence-electron chi connectivity index (χ3n) is 7.26. The summed E-state index contributed by atoms with van der Waals surface area (Å²) >= 11 is 12.5. The van der Waals surface area contributed by atoms with Gasteiger partial charge < -0.3 is 9.64 Å². The molecule has 2 amide bonds. The van der Waals surface area contributed by atoms with Crippen LogP contribution in [0.25, 0.3) is 6.08 Å². The quantitative estimate of drug-likeness (QED) is 0.341. The van der Waals surface area contributed by atoms with Crippen LogP contribution in [0.15, 0.2) is 72.9 Å². The van der Waals surface area contributed by atoms with E-state index in [-0.39, 0.29) is 22.3 Å². The van der Waals surface area contributed by atoms with E-state index in [9.17, 15) is 14.4 Å². The molecule has 8 heteroatoms. The van der Waals surface area contributed by atoms with Gasteiger partial charge >= 0.3 is 0 Å². The number of fused-ring (bicyclic) bond motifs is 5. The predicted octanol–water partition coefficient (Wildman–Crippen LogP) is 5.40. The Bertz CT molecular complexity index is 1450. The van der Waals surface area contributed by atoms with Gasteiger partial charge in [0.05, 0.1) is 35.7 Å². The number of ketones is 1. The molecule has 3 aliphatic rings. The summed E-state index contributed by atoms with van der Waals surface area (Å²) < 4.78 is 5.22. The molecule has 36 heavy (non-hydrogen) atoms. The minimum absolute atomic E-state index is 0.206. The van der Waals surface area contributed by atoms with Gasteiger partial charge in [0.25, 0.3) is 0 Å². The zero-order valence-electron chi connectivity index (χ0n) is 19.1. The van der Waals surface area contributed by atoms with Crippen LogP contribution < -0.4 is 9.64 Å². The molecule has 0 radical (unpaired) electrons. The molecule has 0 aliphatic carbocycles. The molecule has 0 saturated carbocycles. The standard InChI is InChI=1S/C28H20Cl2N2O4/c1-36-18-9-7-17(8-10-18)32-27(34)22-23(28(32)35)25(26(33)20-11-6-16(29)14-21(20)30)31-13-12-15-4-2-3-5-19(15)24(22)31/h2-14,22-25H,1H3/t22-,23+,24+,25-/m0/s1. The van der Waals surface area contributed by atoms with Crippen molar-refractivity contribution in [3.05, 3.63) is 99.7 Å². The van der Waals surface area contributed by atoms with E-state index in [1.165, 1.54) is 11.0 Å². The van der Waals surface area contributed by atoms with E-state index in [0.717, 1.165) is 11.1 Å². The molecule has 3 aromatic carbocycles. The van der Waals surface area contributed by atoms with E-state index >= 15 is 0 Å². The lowest BCUT2D eigenvalue weighted by atomic mass is 9.83. The number of ether oxygens (including phenoxy) is 1. The van der Waals surface area contributed by atoms with Gasteiger partial charge in [0.15, 0.2) is 5.78 Å². The van der Waals surface area contributed by atoms with Gasteiger partial charge in [0, 0.05) is 16.8 Å². The smallest absolute Gasteiger partial charge is 0.240 e. The average molecular weight is 519 g/mol.